The zero-order chi connectivity index (χ0) is 30.2. The van der Waals surface area contributed by atoms with Gasteiger partial charge < -0.3 is 4.42 Å². The van der Waals surface area contributed by atoms with Gasteiger partial charge in [-0.25, -0.2) is 0 Å². The number of allylic oxidation sites excluding steroid dienone is 3. The van der Waals surface area contributed by atoms with E-state index in [4.69, 9.17) is 4.42 Å². The summed E-state index contributed by atoms with van der Waals surface area (Å²) in [6, 6.07) is 49.1. The van der Waals surface area contributed by atoms with Gasteiger partial charge in [-0.2, -0.15) is 0 Å². The molecule has 45 heavy (non-hydrogen) atoms. The number of benzene rings is 7. The molecule has 0 atom stereocenters. The van der Waals surface area contributed by atoms with Gasteiger partial charge in [-0.3, -0.25) is 0 Å². The van der Waals surface area contributed by atoms with Crippen LogP contribution in [0.2, 0.25) is 0 Å². The first kappa shape index (κ1) is 26.9. The Bertz CT molecular complexity index is 2390. The van der Waals surface area contributed by atoms with Crippen LogP contribution in [0.3, 0.4) is 0 Å². The van der Waals surface area contributed by atoms with Crippen molar-refractivity contribution < 1.29 is 4.42 Å². The molecule has 0 saturated carbocycles. The molecule has 0 spiro atoms. The van der Waals surface area contributed by atoms with E-state index in [-0.39, 0.29) is 0 Å². The molecule has 0 N–H and O–H groups in total. The van der Waals surface area contributed by atoms with Gasteiger partial charge in [0.15, 0.2) is 0 Å². The van der Waals surface area contributed by atoms with Crippen molar-refractivity contribution >= 4 is 49.6 Å². The lowest BCUT2D eigenvalue weighted by Crippen LogP contribution is -1.97. The van der Waals surface area contributed by atoms with E-state index in [1.807, 2.05) is 6.07 Å². The molecule has 1 aliphatic rings. The van der Waals surface area contributed by atoms with Crippen LogP contribution in [-0.4, -0.2) is 0 Å². The van der Waals surface area contributed by atoms with Crippen molar-refractivity contribution in [3.05, 3.63) is 174 Å². The molecule has 0 unspecified atom stereocenters. The van der Waals surface area contributed by atoms with Gasteiger partial charge in [-0.05, 0) is 86.6 Å². The number of hydrogen-bond acceptors (Lipinski definition) is 1. The molecule has 1 heteroatoms. The molecule has 0 radical (unpaired) electrons. The first-order valence-corrected chi connectivity index (χ1v) is 15.6. The molecule has 0 amide bonds. The summed E-state index contributed by atoms with van der Waals surface area (Å²) in [7, 11) is 0. The van der Waals surface area contributed by atoms with E-state index < -0.39 is 0 Å². The lowest BCUT2D eigenvalue weighted by Gasteiger charge is -2.18. The average Bonchev–Trinajstić information content (AvgIpc) is 3.31. The van der Waals surface area contributed by atoms with Gasteiger partial charge in [0.2, 0.25) is 0 Å². The molecular formula is C44H32O. The lowest BCUT2D eigenvalue weighted by atomic mass is 9.85. The average molecular weight is 577 g/mol. The summed E-state index contributed by atoms with van der Waals surface area (Å²) in [6.07, 6.45) is 9.82. The van der Waals surface area contributed by atoms with Crippen LogP contribution in [0.4, 0.5) is 0 Å². The molecule has 1 aromatic heterocycles. The Labute approximate surface area is 263 Å². The van der Waals surface area contributed by atoms with E-state index in [9.17, 15) is 0 Å². The van der Waals surface area contributed by atoms with Crippen molar-refractivity contribution in [2.24, 2.45) is 0 Å². The minimum Gasteiger partial charge on any atom is -0.455 e. The van der Waals surface area contributed by atoms with Crippen LogP contribution in [-0.2, 0) is 6.42 Å². The van der Waals surface area contributed by atoms with Gasteiger partial charge in [0.25, 0.3) is 0 Å². The first-order chi connectivity index (χ1) is 22.3. The lowest BCUT2D eigenvalue weighted by molar-refractivity contribution is 0.672. The quantitative estimate of drug-likeness (QED) is 0.199. The molecule has 1 aliphatic carbocycles. The molecule has 0 saturated heterocycles. The van der Waals surface area contributed by atoms with E-state index in [1.165, 1.54) is 71.3 Å². The SMILES string of the molecule is Cc1c2c(c(-c3ccccc3)c3ccccc13)C=CC=CC2.c1ccc(-c2ccc3oc4c5ccccc5ccc4c3c2)cc1. The molecule has 8 aromatic rings. The third-order valence-corrected chi connectivity index (χ3v) is 9.01. The Balaban J connectivity index is 0.000000134. The van der Waals surface area contributed by atoms with Crippen LogP contribution in [0.5, 0.6) is 0 Å². The molecule has 1 nitrogen and oxygen atoms in total. The maximum absolute atomic E-state index is 6.16. The molecular weight excluding hydrogens is 544 g/mol. The van der Waals surface area contributed by atoms with Crippen molar-refractivity contribution in [2.45, 2.75) is 13.3 Å². The van der Waals surface area contributed by atoms with Gasteiger partial charge in [0, 0.05) is 16.2 Å². The Morgan fingerprint density at radius 1 is 0.511 bits per heavy atom. The maximum atomic E-state index is 6.16. The minimum atomic E-state index is 0.941. The largest absolute Gasteiger partial charge is 0.455 e. The summed E-state index contributed by atoms with van der Waals surface area (Å²) in [5.74, 6) is 0. The summed E-state index contributed by atoms with van der Waals surface area (Å²) < 4.78 is 6.16. The van der Waals surface area contributed by atoms with Crippen LogP contribution in [0, 0.1) is 6.92 Å². The van der Waals surface area contributed by atoms with Crippen molar-refractivity contribution in [2.75, 3.05) is 0 Å². The second-order valence-corrected chi connectivity index (χ2v) is 11.6. The summed E-state index contributed by atoms with van der Waals surface area (Å²) in [5.41, 5.74) is 11.2. The number of furan rings is 1. The van der Waals surface area contributed by atoms with Gasteiger partial charge in [0.05, 0.1) is 0 Å². The Morgan fingerprint density at radius 2 is 1.20 bits per heavy atom. The third kappa shape index (κ3) is 4.83. The monoisotopic (exact) mass is 576 g/mol. The normalized spacial score (nSPS) is 12.3. The summed E-state index contributed by atoms with van der Waals surface area (Å²) >= 11 is 0. The van der Waals surface area contributed by atoms with Gasteiger partial charge in [-0.1, -0.05) is 146 Å². The van der Waals surface area contributed by atoms with Crippen LogP contribution in [0.25, 0.3) is 71.8 Å². The highest BCUT2D eigenvalue weighted by molar-refractivity contribution is 6.15. The second kappa shape index (κ2) is 11.4. The van der Waals surface area contributed by atoms with Gasteiger partial charge in [0.1, 0.15) is 11.2 Å². The summed E-state index contributed by atoms with van der Waals surface area (Å²) in [5, 5.41) is 7.44. The zero-order valence-electron chi connectivity index (χ0n) is 25.2. The minimum absolute atomic E-state index is 0.941. The Morgan fingerprint density at radius 3 is 2.00 bits per heavy atom. The molecule has 0 bridgehead atoms. The van der Waals surface area contributed by atoms with Crippen molar-refractivity contribution in [3.8, 4) is 22.3 Å². The predicted octanol–water partition coefficient (Wildman–Crippen LogP) is 12.3. The Kier molecular flexibility index (Phi) is 6.85. The number of fused-ring (bicyclic) bond motifs is 7. The first-order valence-electron chi connectivity index (χ1n) is 15.6. The van der Waals surface area contributed by atoms with Crippen molar-refractivity contribution in [3.63, 3.8) is 0 Å². The highest BCUT2D eigenvalue weighted by Crippen LogP contribution is 2.39. The van der Waals surface area contributed by atoms with E-state index in [0.29, 0.717) is 0 Å². The second-order valence-electron chi connectivity index (χ2n) is 11.6. The molecule has 214 valence electrons. The fourth-order valence-electron chi connectivity index (χ4n) is 6.78. The molecule has 9 rings (SSSR count). The maximum Gasteiger partial charge on any atom is 0.143 e. The highest BCUT2D eigenvalue weighted by Gasteiger charge is 2.16. The van der Waals surface area contributed by atoms with Crippen molar-refractivity contribution in [1.29, 1.82) is 0 Å². The van der Waals surface area contributed by atoms with Crippen LogP contribution >= 0.6 is 0 Å². The topological polar surface area (TPSA) is 13.1 Å². The predicted molar refractivity (Wildman–Crippen MR) is 193 cm³/mol. The van der Waals surface area contributed by atoms with E-state index in [0.717, 1.165) is 17.6 Å². The molecule has 1 heterocycles. The molecule has 0 aliphatic heterocycles. The molecule has 0 fully saturated rings. The van der Waals surface area contributed by atoms with E-state index in [2.05, 4.69) is 165 Å². The zero-order valence-corrected chi connectivity index (χ0v) is 25.2. The third-order valence-electron chi connectivity index (χ3n) is 9.01. The van der Waals surface area contributed by atoms with Crippen LogP contribution < -0.4 is 0 Å². The van der Waals surface area contributed by atoms with Crippen molar-refractivity contribution in [1.82, 2.24) is 0 Å². The van der Waals surface area contributed by atoms with Gasteiger partial charge in [-0.15, -0.1) is 0 Å². The standard InChI is InChI=1S/C22H14O.C22H18/c1-2-6-15(7-3-1)17-11-13-21-20(14-17)19-12-10-16-8-4-5-9-18(16)22(19)23-21;1-16-18-12-6-3-7-14-20(18)22(17-10-4-2-5-11-17)21-15-9-8-13-19(16)21/h1-14H;2-11,13-15H,12H2,1H3. The highest BCUT2D eigenvalue weighted by atomic mass is 16.3. The van der Waals surface area contributed by atoms with E-state index >= 15 is 0 Å². The molecule has 7 aromatic carbocycles. The fourth-order valence-corrected chi connectivity index (χ4v) is 6.78. The van der Waals surface area contributed by atoms with E-state index in [1.54, 1.807) is 0 Å². The fraction of sp³-hybridized carbons (Fsp3) is 0.0455. The smallest absolute Gasteiger partial charge is 0.143 e. The summed E-state index contributed by atoms with van der Waals surface area (Å²) in [4.78, 5) is 0. The number of aryl methyl sites for hydroxylation is 1. The number of rotatable bonds is 2. The summed E-state index contributed by atoms with van der Waals surface area (Å²) in [6.45, 7) is 2.25. The number of hydrogen-bond donors (Lipinski definition) is 0. The Hall–Kier alpha value is -5.66. The van der Waals surface area contributed by atoms with Crippen LogP contribution in [0.1, 0.15) is 16.7 Å². The van der Waals surface area contributed by atoms with Crippen LogP contribution in [0.15, 0.2) is 162 Å². The van der Waals surface area contributed by atoms with Gasteiger partial charge >= 0.3 is 0 Å².